The molecule has 2 aromatic heterocycles. The standard InChI is InChI=1S/C12H10ClF3N4O/c1-3-4-17-11(21)9-8(13)10-18-6(2)5-7(12(14,15)16)20(10)19-9/h3,5H,1,4H2,2H3,(H,17,21). The van der Waals surface area contributed by atoms with Crippen LogP contribution in [-0.2, 0) is 6.18 Å². The average Bonchev–Trinajstić information content (AvgIpc) is 2.72. The molecule has 0 aliphatic rings. The van der Waals surface area contributed by atoms with Gasteiger partial charge in [-0.25, -0.2) is 9.50 Å². The third kappa shape index (κ3) is 2.85. The van der Waals surface area contributed by atoms with Crippen molar-refractivity contribution in [3.8, 4) is 0 Å². The summed E-state index contributed by atoms with van der Waals surface area (Å²) in [6, 6.07) is 0.835. The molecule has 0 radical (unpaired) electrons. The molecule has 0 spiro atoms. The van der Waals surface area contributed by atoms with Gasteiger partial charge in [0.1, 0.15) is 10.7 Å². The molecule has 2 aromatic rings. The summed E-state index contributed by atoms with van der Waals surface area (Å²) in [6.07, 6.45) is -3.22. The third-order valence-corrected chi connectivity index (χ3v) is 2.92. The van der Waals surface area contributed by atoms with Crippen molar-refractivity contribution in [2.75, 3.05) is 6.54 Å². The molecule has 112 valence electrons. The highest BCUT2D eigenvalue weighted by Crippen LogP contribution is 2.32. The van der Waals surface area contributed by atoms with Crippen LogP contribution in [0.15, 0.2) is 18.7 Å². The predicted octanol–water partition coefficient (Wildman–Crippen LogP) is 2.63. The van der Waals surface area contributed by atoms with Gasteiger partial charge in [0.2, 0.25) is 0 Å². The van der Waals surface area contributed by atoms with E-state index in [1.54, 1.807) is 0 Å². The van der Waals surface area contributed by atoms with Crippen LogP contribution in [0.4, 0.5) is 13.2 Å². The number of nitrogens with one attached hydrogen (secondary N) is 1. The smallest absolute Gasteiger partial charge is 0.347 e. The molecule has 0 saturated carbocycles. The van der Waals surface area contributed by atoms with E-state index in [1.165, 1.54) is 13.0 Å². The molecule has 0 unspecified atom stereocenters. The number of aryl methyl sites for hydroxylation is 1. The maximum atomic E-state index is 13.0. The van der Waals surface area contributed by atoms with Gasteiger partial charge in [-0.1, -0.05) is 17.7 Å². The first kappa shape index (κ1) is 15.3. The van der Waals surface area contributed by atoms with E-state index in [-0.39, 0.29) is 28.6 Å². The van der Waals surface area contributed by atoms with E-state index in [9.17, 15) is 18.0 Å². The van der Waals surface area contributed by atoms with Gasteiger partial charge in [-0.05, 0) is 13.0 Å². The van der Waals surface area contributed by atoms with Crippen molar-refractivity contribution >= 4 is 23.2 Å². The van der Waals surface area contributed by atoms with Crippen LogP contribution < -0.4 is 5.32 Å². The highest BCUT2D eigenvalue weighted by molar-refractivity contribution is 6.36. The number of hydrogen-bond acceptors (Lipinski definition) is 3. The maximum absolute atomic E-state index is 13.0. The second-order valence-corrected chi connectivity index (χ2v) is 4.56. The molecule has 1 amide bonds. The number of halogens is 4. The van der Waals surface area contributed by atoms with Gasteiger partial charge in [0.05, 0.1) is 0 Å². The van der Waals surface area contributed by atoms with Crippen LogP contribution in [0.5, 0.6) is 0 Å². The number of fused-ring (bicyclic) bond motifs is 1. The first-order valence-corrected chi connectivity index (χ1v) is 6.15. The summed E-state index contributed by atoms with van der Waals surface area (Å²) in [7, 11) is 0. The maximum Gasteiger partial charge on any atom is 0.433 e. The van der Waals surface area contributed by atoms with Crippen LogP contribution in [0.25, 0.3) is 5.65 Å². The van der Waals surface area contributed by atoms with Crippen molar-refractivity contribution in [1.82, 2.24) is 19.9 Å². The zero-order valence-corrected chi connectivity index (χ0v) is 11.6. The zero-order valence-electron chi connectivity index (χ0n) is 10.8. The topological polar surface area (TPSA) is 59.3 Å². The Bertz CT molecular complexity index is 723. The molecule has 9 heteroatoms. The molecule has 0 atom stereocenters. The van der Waals surface area contributed by atoms with E-state index >= 15 is 0 Å². The molecule has 0 bridgehead atoms. The van der Waals surface area contributed by atoms with E-state index in [0.29, 0.717) is 4.52 Å². The second-order valence-electron chi connectivity index (χ2n) is 4.18. The van der Waals surface area contributed by atoms with E-state index < -0.39 is 17.8 Å². The lowest BCUT2D eigenvalue weighted by molar-refractivity contribution is -0.142. The van der Waals surface area contributed by atoms with Gasteiger partial charge in [0.15, 0.2) is 11.3 Å². The van der Waals surface area contributed by atoms with E-state index in [2.05, 4.69) is 22.0 Å². The molecule has 1 N–H and O–H groups in total. The average molecular weight is 319 g/mol. The molecular formula is C12H10ClF3N4O. The number of aromatic nitrogens is 3. The van der Waals surface area contributed by atoms with Crippen molar-refractivity contribution in [3.05, 3.63) is 40.8 Å². The largest absolute Gasteiger partial charge is 0.433 e. The fourth-order valence-electron chi connectivity index (χ4n) is 1.71. The normalized spacial score (nSPS) is 11.7. The van der Waals surface area contributed by atoms with Gasteiger partial charge < -0.3 is 5.32 Å². The second kappa shape index (κ2) is 5.36. The number of carbonyl (C=O) groups is 1. The summed E-state index contributed by atoms with van der Waals surface area (Å²) in [5, 5.41) is 5.79. The van der Waals surface area contributed by atoms with E-state index in [1.807, 2.05) is 0 Å². The lowest BCUT2D eigenvalue weighted by atomic mass is 10.3. The minimum absolute atomic E-state index is 0.120. The minimum atomic E-state index is -4.64. The molecule has 0 saturated heterocycles. The van der Waals surface area contributed by atoms with Crippen molar-refractivity contribution in [2.24, 2.45) is 0 Å². The van der Waals surface area contributed by atoms with Crippen LogP contribution in [0.1, 0.15) is 21.9 Å². The van der Waals surface area contributed by atoms with Gasteiger partial charge in [0, 0.05) is 12.2 Å². The van der Waals surface area contributed by atoms with Crippen molar-refractivity contribution in [1.29, 1.82) is 0 Å². The van der Waals surface area contributed by atoms with Gasteiger partial charge in [-0.2, -0.15) is 18.3 Å². The summed E-state index contributed by atoms with van der Waals surface area (Å²) >= 11 is 5.93. The fraction of sp³-hybridized carbons (Fsp3) is 0.250. The van der Waals surface area contributed by atoms with Crippen LogP contribution in [0.3, 0.4) is 0 Å². The highest BCUT2D eigenvalue weighted by atomic mass is 35.5. The molecule has 0 aliphatic carbocycles. The van der Waals surface area contributed by atoms with Gasteiger partial charge >= 0.3 is 6.18 Å². The Kier molecular flexibility index (Phi) is 3.91. The third-order valence-electron chi connectivity index (χ3n) is 2.57. The first-order chi connectivity index (χ1) is 9.75. The Morgan fingerprint density at radius 3 is 2.81 bits per heavy atom. The van der Waals surface area contributed by atoms with Crippen LogP contribution in [0.2, 0.25) is 5.02 Å². The van der Waals surface area contributed by atoms with Crippen molar-refractivity contribution < 1.29 is 18.0 Å². The molecule has 0 aromatic carbocycles. The van der Waals surface area contributed by atoms with Crippen molar-refractivity contribution in [2.45, 2.75) is 13.1 Å². The lowest BCUT2D eigenvalue weighted by Gasteiger charge is -2.09. The number of nitrogens with zero attached hydrogens (tertiary/aromatic N) is 3. The van der Waals surface area contributed by atoms with Crippen LogP contribution in [-0.4, -0.2) is 27.0 Å². The Balaban J connectivity index is 2.65. The van der Waals surface area contributed by atoms with Crippen molar-refractivity contribution in [3.63, 3.8) is 0 Å². The minimum Gasteiger partial charge on any atom is -0.347 e. The quantitative estimate of drug-likeness (QED) is 0.885. The summed E-state index contributed by atoms with van der Waals surface area (Å²) in [6.45, 7) is 4.95. The Hall–Kier alpha value is -2.09. The SMILES string of the molecule is C=CCNC(=O)c1nn2c(C(F)(F)F)cc(C)nc2c1Cl. The lowest BCUT2D eigenvalue weighted by Crippen LogP contribution is -2.24. The van der Waals surface area contributed by atoms with Gasteiger partial charge in [-0.3, -0.25) is 4.79 Å². The summed E-state index contributed by atoms with van der Waals surface area (Å²) in [5.74, 6) is -0.698. The number of carbonyl (C=O) groups excluding carboxylic acids is 1. The molecule has 0 aliphatic heterocycles. The van der Waals surface area contributed by atoms with E-state index in [0.717, 1.165) is 6.07 Å². The van der Waals surface area contributed by atoms with Crippen LogP contribution in [0, 0.1) is 6.92 Å². The van der Waals surface area contributed by atoms with Crippen LogP contribution >= 0.6 is 11.6 Å². The summed E-state index contributed by atoms with van der Waals surface area (Å²) in [5.41, 5.74) is -1.46. The highest BCUT2D eigenvalue weighted by Gasteiger charge is 2.36. The Morgan fingerprint density at radius 2 is 2.24 bits per heavy atom. The first-order valence-electron chi connectivity index (χ1n) is 5.78. The number of amides is 1. The molecule has 2 rings (SSSR count). The zero-order chi connectivity index (χ0) is 15.8. The predicted molar refractivity (Wildman–Crippen MR) is 70.3 cm³/mol. The number of alkyl halides is 3. The monoisotopic (exact) mass is 318 g/mol. The van der Waals surface area contributed by atoms with E-state index in [4.69, 9.17) is 11.6 Å². The number of rotatable bonds is 3. The molecule has 2 heterocycles. The van der Waals surface area contributed by atoms with Gasteiger partial charge in [-0.15, -0.1) is 6.58 Å². The number of hydrogen-bond donors (Lipinski definition) is 1. The summed E-state index contributed by atoms with van der Waals surface area (Å²) in [4.78, 5) is 15.7. The molecule has 21 heavy (non-hydrogen) atoms. The molecule has 5 nitrogen and oxygen atoms in total. The summed E-state index contributed by atoms with van der Waals surface area (Å²) < 4.78 is 39.5. The Labute approximate surface area is 122 Å². The fourth-order valence-corrected chi connectivity index (χ4v) is 1.95. The van der Waals surface area contributed by atoms with Gasteiger partial charge in [0.25, 0.3) is 5.91 Å². The molecular weight excluding hydrogens is 309 g/mol. The molecule has 0 fully saturated rings. The Morgan fingerprint density at radius 1 is 1.57 bits per heavy atom.